The van der Waals surface area contributed by atoms with Crippen molar-refractivity contribution in [3.05, 3.63) is 87.0 Å². The van der Waals surface area contributed by atoms with E-state index in [1.54, 1.807) is 6.92 Å². The van der Waals surface area contributed by atoms with Crippen molar-refractivity contribution in [1.29, 1.82) is 0 Å². The first kappa shape index (κ1) is 24.3. The fourth-order valence-corrected chi connectivity index (χ4v) is 3.61. The Balaban J connectivity index is 1.73. The zero-order valence-corrected chi connectivity index (χ0v) is 19.0. The topological polar surface area (TPSA) is 91.1 Å². The lowest BCUT2D eigenvalue weighted by atomic mass is 10.1. The molecule has 0 fully saturated rings. The number of aromatic nitrogens is 4. The zero-order chi connectivity index (χ0) is 25.2. The summed E-state index contributed by atoms with van der Waals surface area (Å²) >= 11 is 0. The van der Waals surface area contributed by atoms with Crippen LogP contribution in [0, 0.1) is 0 Å². The average molecular weight is 488 g/mol. The molecule has 0 amide bonds. The van der Waals surface area contributed by atoms with Gasteiger partial charge in [0.05, 0.1) is 17.7 Å². The lowest BCUT2D eigenvalue weighted by Gasteiger charge is -2.19. The molecule has 184 valence electrons. The lowest BCUT2D eigenvalue weighted by Crippen LogP contribution is -2.31. The van der Waals surface area contributed by atoms with Crippen LogP contribution < -0.4 is 16.0 Å². The van der Waals surface area contributed by atoms with E-state index in [-0.39, 0.29) is 23.4 Å². The Kier molecular flexibility index (Phi) is 6.79. The standard InChI is InChI=1S/C24H23F3N4O4/c1-3-30-20(14-34-13-16-7-5-4-6-8-16)29-31(23(30)33)18-11-17-9-10-28-22(32)21(17)19(12-18)35-15(2)24(25,26)27/h4-12,15H,3,13-14H2,1-2H3,(H,28,32). The summed E-state index contributed by atoms with van der Waals surface area (Å²) in [6, 6.07) is 13.7. The number of ether oxygens (including phenoxy) is 2. The molecule has 1 atom stereocenters. The first-order valence-corrected chi connectivity index (χ1v) is 10.9. The number of hydrogen-bond donors (Lipinski definition) is 1. The van der Waals surface area contributed by atoms with Gasteiger partial charge in [-0.1, -0.05) is 30.3 Å². The van der Waals surface area contributed by atoms with Crippen LogP contribution >= 0.6 is 0 Å². The predicted octanol–water partition coefficient (Wildman–Crippen LogP) is 3.94. The third kappa shape index (κ3) is 5.14. The van der Waals surface area contributed by atoms with Crippen molar-refractivity contribution in [3.63, 3.8) is 0 Å². The summed E-state index contributed by atoms with van der Waals surface area (Å²) in [5.74, 6) is 0.0505. The number of fused-ring (bicyclic) bond motifs is 1. The summed E-state index contributed by atoms with van der Waals surface area (Å²) in [5.41, 5.74) is 0.0105. The normalized spacial score (nSPS) is 12.7. The highest BCUT2D eigenvalue weighted by Crippen LogP contribution is 2.30. The van der Waals surface area contributed by atoms with E-state index in [1.165, 1.54) is 29.0 Å². The number of benzene rings is 2. The molecule has 2 aromatic carbocycles. The van der Waals surface area contributed by atoms with Gasteiger partial charge in [0.1, 0.15) is 12.4 Å². The summed E-state index contributed by atoms with van der Waals surface area (Å²) in [6.45, 7) is 3.29. The second-order valence-electron chi connectivity index (χ2n) is 7.85. The highest BCUT2D eigenvalue weighted by Gasteiger charge is 2.38. The molecule has 0 spiro atoms. The SMILES string of the molecule is CCn1c(COCc2ccccc2)nn(-c2cc(OC(C)C(F)(F)F)c3c(=O)[nH]ccc3c2)c1=O. The fraction of sp³-hybridized carbons (Fsp3) is 0.292. The van der Waals surface area contributed by atoms with Gasteiger partial charge in [-0.3, -0.25) is 9.36 Å². The Morgan fingerprint density at radius 2 is 1.83 bits per heavy atom. The summed E-state index contributed by atoms with van der Waals surface area (Å²) < 4.78 is 52.8. The molecule has 2 heterocycles. The Hall–Kier alpha value is -3.86. The van der Waals surface area contributed by atoms with E-state index >= 15 is 0 Å². The fourth-order valence-electron chi connectivity index (χ4n) is 3.61. The van der Waals surface area contributed by atoms with E-state index < -0.39 is 23.5 Å². The lowest BCUT2D eigenvalue weighted by molar-refractivity contribution is -0.189. The monoisotopic (exact) mass is 488 g/mol. The molecule has 1 N–H and O–H groups in total. The van der Waals surface area contributed by atoms with E-state index in [2.05, 4.69) is 10.1 Å². The number of pyridine rings is 1. The molecule has 0 bridgehead atoms. The molecule has 35 heavy (non-hydrogen) atoms. The van der Waals surface area contributed by atoms with Gasteiger partial charge in [-0.15, -0.1) is 5.10 Å². The number of nitrogens with one attached hydrogen (secondary N) is 1. The van der Waals surface area contributed by atoms with Gasteiger partial charge < -0.3 is 14.5 Å². The molecule has 0 aliphatic carbocycles. The van der Waals surface area contributed by atoms with E-state index in [0.717, 1.165) is 17.2 Å². The summed E-state index contributed by atoms with van der Waals surface area (Å²) in [5, 5.41) is 4.61. The molecule has 0 aliphatic heterocycles. The largest absolute Gasteiger partial charge is 0.480 e. The number of alkyl halides is 3. The van der Waals surface area contributed by atoms with E-state index in [4.69, 9.17) is 9.47 Å². The third-order valence-electron chi connectivity index (χ3n) is 5.43. The van der Waals surface area contributed by atoms with Crippen molar-refractivity contribution in [2.45, 2.75) is 45.9 Å². The van der Waals surface area contributed by atoms with Crippen molar-refractivity contribution < 1.29 is 22.6 Å². The van der Waals surface area contributed by atoms with Gasteiger partial charge in [0.15, 0.2) is 11.9 Å². The number of rotatable bonds is 8. The molecule has 0 aliphatic rings. The van der Waals surface area contributed by atoms with Crippen molar-refractivity contribution in [2.24, 2.45) is 0 Å². The van der Waals surface area contributed by atoms with Crippen molar-refractivity contribution in [1.82, 2.24) is 19.3 Å². The second kappa shape index (κ2) is 9.79. The maximum absolute atomic E-state index is 13.2. The van der Waals surface area contributed by atoms with Crippen LogP contribution in [-0.4, -0.2) is 31.6 Å². The number of H-pyrrole nitrogens is 1. The molecular weight excluding hydrogens is 465 g/mol. The van der Waals surface area contributed by atoms with Crippen molar-refractivity contribution in [2.75, 3.05) is 0 Å². The Bertz CT molecular complexity index is 1440. The van der Waals surface area contributed by atoms with Gasteiger partial charge >= 0.3 is 11.9 Å². The number of aromatic amines is 1. The molecule has 2 aromatic heterocycles. The van der Waals surface area contributed by atoms with Crippen LogP contribution in [0.25, 0.3) is 16.5 Å². The van der Waals surface area contributed by atoms with Crippen LogP contribution in [0.1, 0.15) is 25.2 Å². The quantitative estimate of drug-likeness (QED) is 0.406. The van der Waals surface area contributed by atoms with Crippen LogP contribution in [0.15, 0.2) is 64.3 Å². The number of hydrogen-bond acceptors (Lipinski definition) is 5. The van der Waals surface area contributed by atoms with E-state index in [0.29, 0.717) is 24.4 Å². The molecule has 8 nitrogen and oxygen atoms in total. The van der Waals surface area contributed by atoms with Gasteiger partial charge in [-0.05, 0) is 36.9 Å². The summed E-state index contributed by atoms with van der Waals surface area (Å²) in [4.78, 5) is 27.9. The summed E-state index contributed by atoms with van der Waals surface area (Å²) in [6.07, 6.45) is -5.46. The van der Waals surface area contributed by atoms with Gasteiger partial charge in [-0.25, -0.2) is 4.79 Å². The molecule has 1 unspecified atom stereocenters. The zero-order valence-electron chi connectivity index (χ0n) is 19.0. The molecule has 0 saturated heterocycles. The molecule has 0 saturated carbocycles. The van der Waals surface area contributed by atoms with Crippen molar-refractivity contribution >= 4 is 10.8 Å². The first-order valence-electron chi connectivity index (χ1n) is 10.9. The minimum atomic E-state index is -4.65. The predicted molar refractivity (Wildman–Crippen MR) is 123 cm³/mol. The molecule has 4 aromatic rings. The molecule has 11 heteroatoms. The summed E-state index contributed by atoms with van der Waals surface area (Å²) in [7, 11) is 0. The maximum Gasteiger partial charge on any atom is 0.425 e. The Morgan fingerprint density at radius 1 is 1.09 bits per heavy atom. The first-order chi connectivity index (χ1) is 16.7. The third-order valence-corrected chi connectivity index (χ3v) is 5.43. The van der Waals surface area contributed by atoms with Crippen LogP contribution in [0.2, 0.25) is 0 Å². The maximum atomic E-state index is 13.2. The minimum Gasteiger partial charge on any atom is -0.480 e. The smallest absolute Gasteiger partial charge is 0.425 e. The van der Waals surface area contributed by atoms with Crippen LogP contribution in [0.4, 0.5) is 13.2 Å². The van der Waals surface area contributed by atoms with Crippen LogP contribution in [-0.2, 0) is 24.5 Å². The average Bonchev–Trinajstić information content (AvgIpc) is 3.14. The Morgan fingerprint density at radius 3 is 2.51 bits per heavy atom. The second-order valence-corrected chi connectivity index (χ2v) is 7.85. The molecular formula is C24H23F3N4O4. The minimum absolute atomic E-state index is 0.0483. The highest BCUT2D eigenvalue weighted by molar-refractivity contribution is 5.89. The van der Waals surface area contributed by atoms with Crippen LogP contribution in [0.3, 0.4) is 0 Å². The van der Waals surface area contributed by atoms with E-state index in [9.17, 15) is 22.8 Å². The van der Waals surface area contributed by atoms with Crippen molar-refractivity contribution in [3.8, 4) is 11.4 Å². The number of halogens is 3. The van der Waals surface area contributed by atoms with Crippen LogP contribution in [0.5, 0.6) is 5.75 Å². The van der Waals surface area contributed by atoms with E-state index in [1.807, 2.05) is 30.3 Å². The van der Waals surface area contributed by atoms with Gasteiger partial charge in [0, 0.05) is 18.8 Å². The van der Waals surface area contributed by atoms with Gasteiger partial charge in [0.25, 0.3) is 5.56 Å². The Labute approximate surface area is 197 Å². The van der Waals surface area contributed by atoms with Gasteiger partial charge in [-0.2, -0.15) is 17.9 Å². The number of nitrogens with zero attached hydrogens (tertiary/aromatic N) is 3. The molecule has 0 radical (unpaired) electrons. The van der Waals surface area contributed by atoms with Gasteiger partial charge in [0.2, 0.25) is 0 Å². The molecule has 4 rings (SSSR count). The highest BCUT2D eigenvalue weighted by atomic mass is 19.4.